The van der Waals surface area contributed by atoms with Gasteiger partial charge < -0.3 is 4.74 Å². The van der Waals surface area contributed by atoms with E-state index in [9.17, 15) is 8.78 Å². The average molecular weight is 297 g/mol. The molecule has 0 aliphatic heterocycles. The summed E-state index contributed by atoms with van der Waals surface area (Å²) >= 11 is 5.97. The fourth-order valence-electron chi connectivity index (χ4n) is 2.13. The molecule has 4 heteroatoms. The van der Waals surface area contributed by atoms with E-state index in [4.69, 9.17) is 16.3 Å². The number of halogens is 3. The molecule has 1 atom stereocenters. The molecule has 2 aromatic rings. The molecule has 0 spiro atoms. The highest BCUT2D eigenvalue weighted by Crippen LogP contribution is 2.27. The predicted molar refractivity (Wildman–Crippen MR) is 76.5 cm³/mol. The van der Waals surface area contributed by atoms with Crippen LogP contribution in [-0.2, 0) is 6.42 Å². The number of methoxy groups -OCH3 is 1. The van der Waals surface area contributed by atoms with Crippen molar-refractivity contribution in [2.45, 2.75) is 12.3 Å². The summed E-state index contributed by atoms with van der Waals surface area (Å²) in [6.07, 6.45) is 0.443. The molecule has 0 N–H and O–H groups in total. The predicted octanol–water partition coefficient (Wildman–Crippen LogP) is 4.54. The first-order valence-electron chi connectivity index (χ1n) is 6.28. The van der Waals surface area contributed by atoms with Gasteiger partial charge in [0.15, 0.2) is 11.6 Å². The Morgan fingerprint density at radius 2 is 1.80 bits per heavy atom. The minimum absolute atomic E-state index is 0.0705. The number of rotatable bonds is 5. The van der Waals surface area contributed by atoms with Gasteiger partial charge >= 0.3 is 0 Å². The molecule has 0 aromatic heterocycles. The number of alkyl halides is 1. The fourth-order valence-corrected chi connectivity index (χ4v) is 2.42. The molecule has 0 aliphatic carbocycles. The van der Waals surface area contributed by atoms with Crippen LogP contribution >= 0.6 is 11.6 Å². The van der Waals surface area contributed by atoms with Crippen molar-refractivity contribution in [1.82, 2.24) is 0 Å². The summed E-state index contributed by atoms with van der Waals surface area (Å²) in [5.41, 5.74) is 1.43. The van der Waals surface area contributed by atoms with Crippen LogP contribution in [0.3, 0.4) is 0 Å². The minimum atomic E-state index is -0.368. The van der Waals surface area contributed by atoms with Crippen LogP contribution in [0.15, 0.2) is 42.5 Å². The van der Waals surface area contributed by atoms with Gasteiger partial charge in [0.1, 0.15) is 5.82 Å². The van der Waals surface area contributed by atoms with E-state index in [-0.39, 0.29) is 23.3 Å². The molecule has 0 saturated carbocycles. The Morgan fingerprint density at radius 1 is 1.10 bits per heavy atom. The van der Waals surface area contributed by atoms with Gasteiger partial charge in [-0.3, -0.25) is 0 Å². The van der Waals surface area contributed by atoms with Gasteiger partial charge in [-0.1, -0.05) is 24.3 Å². The molecule has 0 bridgehead atoms. The maximum atomic E-state index is 14.1. The Balaban J connectivity index is 2.24. The van der Waals surface area contributed by atoms with E-state index >= 15 is 0 Å². The van der Waals surface area contributed by atoms with E-state index in [1.54, 1.807) is 30.3 Å². The van der Waals surface area contributed by atoms with E-state index in [1.165, 1.54) is 19.2 Å². The van der Waals surface area contributed by atoms with Gasteiger partial charge in [-0.25, -0.2) is 8.78 Å². The number of hydrogen-bond donors (Lipinski definition) is 0. The minimum Gasteiger partial charge on any atom is -0.494 e. The zero-order valence-electron chi connectivity index (χ0n) is 11.1. The third-order valence-electron chi connectivity index (χ3n) is 3.26. The summed E-state index contributed by atoms with van der Waals surface area (Å²) in [5.74, 6) is -0.182. The van der Waals surface area contributed by atoms with Crippen molar-refractivity contribution in [1.29, 1.82) is 0 Å². The third kappa shape index (κ3) is 3.28. The van der Waals surface area contributed by atoms with Crippen molar-refractivity contribution in [2.75, 3.05) is 13.0 Å². The molecule has 106 valence electrons. The van der Waals surface area contributed by atoms with Crippen LogP contribution < -0.4 is 4.74 Å². The van der Waals surface area contributed by atoms with Crippen molar-refractivity contribution in [3.05, 3.63) is 65.2 Å². The first kappa shape index (κ1) is 14.8. The average Bonchev–Trinajstić information content (AvgIpc) is 2.47. The summed E-state index contributed by atoms with van der Waals surface area (Å²) < 4.78 is 32.0. The van der Waals surface area contributed by atoms with Crippen molar-refractivity contribution in [3.8, 4) is 5.75 Å². The van der Waals surface area contributed by atoms with Crippen molar-refractivity contribution >= 4 is 11.6 Å². The summed E-state index contributed by atoms with van der Waals surface area (Å²) in [6, 6.07) is 11.2. The molecular formula is C16H15ClF2O. The molecule has 0 fully saturated rings. The molecule has 2 aromatic carbocycles. The largest absolute Gasteiger partial charge is 0.494 e. The molecule has 0 saturated heterocycles. The molecular weight excluding hydrogens is 282 g/mol. The topological polar surface area (TPSA) is 9.23 Å². The number of hydrogen-bond acceptors (Lipinski definition) is 1. The first-order chi connectivity index (χ1) is 9.65. The second-order valence-corrected chi connectivity index (χ2v) is 4.85. The molecule has 2 rings (SSSR count). The first-order valence-corrected chi connectivity index (χ1v) is 6.82. The van der Waals surface area contributed by atoms with Gasteiger partial charge in [0.25, 0.3) is 0 Å². The third-order valence-corrected chi connectivity index (χ3v) is 3.63. The van der Waals surface area contributed by atoms with Crippen LogP contribution in [0, 0.1) is 11.6 Å². The Labute approximate surface area is 122 Å². The molecule has 1 unspecified atom stereocenters. The second-order valence-electron chi connectivity index (χ2n) is 4.54. The molecule has 20 heavy (non-hydrogen) atoms. The van der Waals surface area contributed by atoms with E-state index in [2.05, 4.69) is 0 Å². The maximum absolute atomic E-state index is 14.1. The smallest absolute Gasteiger partial charge is 0.168 e. The summed E-state index contributed by atoms with van der Waals surface area (Å²) in [5, 5.41) is 0. The SMILES string of the molecule is COc1cccc(CC(CCl)c2ccc(F)cc2)c1F. The number of benzene rings is 2. The van der Waals surface area contributed by atoms with Crippen molar-refractivity contribution < 1.29 is 13.5 Å². The zero-order valence-corrected chi connectivity index (χ0v) is 11.8. The second kappa shape index (κ2) is 6.71. The van der Waals surface area contributed by atoms with Crippen LogP contribution in [0.25, 0.3) is 0 Å². The fraction of sp³-hybridized carbons (Fsp3) is 0.250. The summed E-state index contributed by atoms with van der Waals surface area (Å²) in [6.45, 7) is 0. The Hall–Kier alpha value is -1.61. The van der Waals surface area contributed by atoms with Gasteiger partial charge in [-0.2, -0.15) is 0 Å². The van der Waals surface area contributed by atoms with Crippen LogP contribution in [0.1, 0.15) is 17.0 Å². The van der Waals surface area contributed by atoms with Gasteiger partial charge in [-0.15, -0.1) is 11.6 Å². The lowest BCUT2D eigenvalue weighted by Crippen LogP contribution is -2.07. The summed E-state index contributed by atoms with van der Waals surface area (Å²) in [4.78, 5) is 0. The molecule has 1 nitrogen and oxygen atoms in total. The van der Waals surface area contributed by atoms with Crippen molar-refractivity contribution in [2.24, 2.45) is 0 Å². The van der Waals surface area contributed by atoms with Crippen LogP contribution in [-0.4, -0.2) is 13.0 Å². The van der Waals surface area contributed by atoms with E-state index < -0.39 is 0 Å². The zero-order chi connectivity index (χ0) is 14.5. The van der Waals surface area contributed by atoms with Gasteiger partial charge in [0.2, 0.25) is 0 Å². The quantitative estimate of drug-likeness (QED) is 0.736. The number of ether oxygens (including phenoxy) is 1. The van der Waals surface area contributed by atoms with Crippen LogP contribution in [0.5, 0.6) is 5.75 Å². The van der Waals surface area contributed by atoms with E-state index in [0.717, 1.165) is 5.56 Å². The highest BCUT2D eigenvalue weighted by molar-refractivity contribution is 6.18. The maximum Gasteiger partial charge on any atom is 0.168 e. The molecule has 0 radical (unpaired) electrons. The molecule has 0 aliphatic rings. The Morgan fingerprint density at radius 3 is 2.40 bits per heavy atom. The van der Waals surface area contributed by atoms with Crippen LogP contribution in [0.4, 0.5) is 8.78 Å². The normalized spacial score (nSPS) is 12.2. The highest BCUT2D eigenvalue weighted by atomic mass is 35.5. The van der Waals surface area contributed by atoms with E-state index in [1.807, 2.05) is 0 Å². The van der Waals surface area contributed by atoms with Crippen molar-refractivity contribution in [3.63, 3.8) is 0 Å². The lowest BCUT2D eigenvalue weighted by molar-refractivity contribution is 0.383. The molecule has 0 amide bonds. The van der Waals surface area contributed by atoms with Crippen LogP contribution in [0.2, 0.25) is 0 Å². The van der Waals surface area contributed by atoms with Gasteiger partial charge in [0, 0.05) is 11.8 Å². The Kier molecular flexibility index (Phi) is 4.96. The molecule has 0 heterocycles. The monoisotopic (exact) mass is 296 g/mol. The van der Waals surface area contributed by atoms with Gasteiger partial charge in [-0.05, 0) is 35.7 Å². The lowest BCUT2D eigenvalue weighted by atomic mass is 9.93. The lowest BCUT2D eigenvalue weighted by Gasteiger charge is -2.16. The standard InChI is InChI=1S/C16H15ClF2O/c1-20-15-4-2-3-12(16(15)19)9-13(10-17)11-5-7-14(18)8-6-11/h2-8,13H,9-10H2,1H3. The van der Waals surface area contributed by atoms with E-state index in [0.29, 0.717) is 17.9 Å². The summed E-state index contributed by atoms with van der Waals surface area (Å²) in [7, 11) is 1.43. The Bertz CT molecular complexity index is 569. The van der Waals surface area contributed by atoms with Gasteiger partial charge in [0.05, 0.1) is 7.11 Å². The highest BCUT2D eigenvalue weighted by Gasteiger charge is 2.16.